The molecule has 4 N–H and O–H groups in total. The Bertz CT molecular complexity index is 904. The van der Waals surface area contributed by atoms with Crippen molar-refractivity contribution in [3.63, 3.8) is 0 Å². The van der Waals surface area contributed by atoms with Crippen LogP contribution in [-0.2, 0) is 0 Å². The van der Waals surface area contributed by atoms with E-state index in [1.807, 2.05) is 24.3 Å². The number of anilines is 5. The Morgan fingerprint density at radius 2 is 1.64 bits per heavy atom. The van der Waals surface area contributed by atoms with Gasteiger partial charge >= 0.3 is 0 Å². The third kappa shape index (κ3) is 3.87. The fourth-order valence-electron chi connectivity index (χ4n) is 2.19. The number of hydrogen-bond acceptors (Lipinski definition) is 6. The number of rotatable bonds is 5. The molecule has 3 aromatic rings. The second-order valence-electron chi connectivity index (χ2n) is 5.06. The number of hydrogen-bond donors (Lipinski definition) is 3. The van der Waals surface area contributed by atoms with Crippen LogP contribution in [0, 0.1) is 0 Å². The molecule has 0 atom stereocenters. The van der Waals surface area contributed by atoms with E-state index in [1.54, 1.807) is 25.3 Å². The van der Waals surface area contributed by atoms with Crippen LogP contribution in [0.25, 0.3) is 0 Å². The van der Waals surface area contributed by atoms with Crippen molar-refractivity contribution in [1.82, 2.24) is 9.97 Å². The third-order valence-electron chi connectivity index (χ3n) is 3.43. The maximum Gasteiger partial charge on any atom is 0.159 e. The van der Waals surface area contributed by atoms with Crippen LogP contribution >= 0.6 is 23.2 Å². The smallest absolute Gasteiger partial charge is 0.159 e. The molecule has 128 valence electrons. The molecule has 8 heteroatoms. The van der Waals surface area contributed by atoms with Gasteiger partial charge in [0.05, 0.1) is 23.5 Å². The summed E-state index contributed by atoms with van der Waals surface area (Å²) in [5, 5.41) is 7.24. The summed E-state index contributed by atoms with van der Waals surface area (Å²) in [5.74, 6) is 1.56. The summed E-state index contributed by atoms with van der Waals surface area (Å²) >= 11 is 12.1. The lowest BCUT2D eigenvalue weighted by molar-refractivity contribution is 0.417. The van der Waals surface area contributed by atoms with Crippen LogP contribution in [0.15, 0.2) is 48.8 Å². The number of para-hydroxylation sites is 2. The van der Waals surface area contributed by atoms with Gasteiger partial charge in [-0.15, -0.1) is 0 Å². The van der Waals surface area contributed by atoms with Crippen LogP contribution in [0.1, 0.15) is 0 Å². The standard InChI is InChI=1S/C17H15Cl2N5O/c1-25-14-5-3-2-4-13(14)24-17-15(20)16(21-9-22-17)23-12-7-6-10(18)8-11(12)19/h2-9H,20H2,1H3,(H2,21,22,23,24). The summed E-state index contributed by atoms with van der Waals surface area (Å²) in [6, 6.07) is 12.6. The van der Waals surface area contributed by atoms with Crippen LogP contribution in [0.3, 0.4) is 0 Å². The maximum absolute atomic E-state index is 6.19. The van der Waals surface area contributed by atoms with E-state index < -0.39 is 0 Å². The average Bonchev–Trinajstić information content (AvgIpc) is 2.61. The van der Waals surface area contributed by atoms with E-state index in [2.05, 4.69) is 20.6 Å². The number of nitrogens with zero attached hydrogens (tertiary/aromatic N) is 2. The number of benzene rings is 2. The van der Waals surface area contributed by atoms with Gasteiger partial charge in [0.2, 0.25) is 0 Å². The van der Waals surface area contributed by atoms with E-state index in [4.69, 9.17) is 33.7 Å². The normalized spacial score (nSPS) is 10.4. The van der Waals surface area contributed by atoms with Gasteiger partial charge in [-0.2, -0.15) is 0 Å². The van der Waals surface area contributed by atoms with Crippen molar-refractivity contribution in [2.24, 2.45) is 0 Å². The summed E-state index contributed by atoms with van der Waals surface area (Å²) in [6.45, 7) is 0. The Balaban J connectivity index is 1.89. The van der Waals surface area contributed by atoms with Gasteiger partial charge in [0.25, 0.3) is 0 Å². The van der Waals surface area contributed by atoms with Crippen molar-refractivity contribution < 1.29 is 4.74 Å². The first kappa shape index (κ1) is 17.1. The highest BCUT2D eigenvalue weighted by atomic mass is 35.5. The number of ether oxygens (including phenoxy) is 1. The number of methoxy groups -OCH3 is 1. The quantitative estimate of drug-likeness (QED) is 0.590. The van der Waals surface area contributed by atoms with Crippen LogP contribution in [-0.4, -0.2) is 17.1 Å². The first-order valence-electron chi connectivity index (χ1n) is 7.31. The number of aromatic nitrogens is 2. The molecule has 6 nitrogen and oxygen atoms in total. The molecule has 1 aromatic heterocycles. The van der Waals surface area contributed by atoms with Crippen LogP contribution in [0.5, 0.6) is 5.75 Å². The van der Waals surface area contributed by atoms with E-state index in [-0.39, 0.29) is 0 Å². The van der Waals surface area contributed by atoms with E-state index in [0.717, 1.165) is 5.69 Å². The van der Waals surface area contributed by atoms with E-state index >= 15 is 0 Å². The fourth-order valence-corrected chi connectivity index (χ4v) is 2.64. The minimum absolute atomic E-state index is 0.347. The second kappa shape index (κ2) is 7.46. The highest BCUT2D eigenvalue weighted by Gasteiger charge is 2.12. The fraction of sp³-hybridized carbons (Fsp3) is 0.0588. The van der Waals surface area contributed by atoms with E-state index in [1.165, 1.54) is 6.33 Å². The third-order valence-corrected chi connectivity index (χ3v) is 3.98. The lowest BCUT2D eigenvalue weighted by atomic mass is 10.3. The Morgan fingerprint density at radius 1 is 0.960 bits per heavy atom. The molecule has 0 radical (unpaired) electrons. The van der Waals surface area contributed by atoms with Gasteiger partial charge in [0.15, 0.2) is 11.6 Å². The molecule has 25 heavy (non-hydrogen) atoms. The molecule has 0 aliphatic carbocycles. The monoisotopic (exact) mass is 375 g/mol. The van der Waals surface area contributed by atoms with Crippen molar-refractivity contribution in [3.05, 3.63) is 58.8 Å². The zero-order valence-corrected chi connectivity index (χ0v) is 14.8. The van der Waals surface area contributed by atoms with Gasteiger partial charge in [0.1, 0.15) is 17.8 Å². The van der Waals surface area contributed by atoms with Crippen molar-refractivity contribution in [1.29, 1.82) is 0 Å². The molecule has 0 fully saturated rings. The lowest BCUT2D eigenvalue weighted by Gasteiger charge is -2.14. The zero-order chi connectivity index (χ0) is 17.8. The van der Waals surface area contributed by atoms with Crippen LogP contribution in [0.4, 0.5) is 28.7 Å². The SMILES string of the molecule is COc1ccccc1Nc1ncnc(Nc2ccc(Cl)cc2Cl)c1N. The second-order valence-corrected chi connectivity index (χ2v) is 5.90. The molecule has 2 aromatic carbocycles. The molecule has 1 heterocycles. The predicted molar refractivity (Wildman–Crippen MR) is 102 cm³/mol. The lowest BCUT2D eigenvalue weighted by Crippen LogP contribution is -2.06. The minimum Gasteiger partial charge on any atom is -0.495 e. The average molecular weight is 376 g/mol. The van der Waals surface area contributed by atoms with Gasteiger partial charge in [0, 0.05) is 5.02 Å². The first-order chi connectivity index (χ1) is 12.1. The van der Waals surface area contributed by atoms with E-state index in [9.17, 15) is 0 Å². The number of nitrogen functional groups attached to an aromatic ring is 1. The van der Waals surface area contributed by atoms with Gasteiger partial charge in [-0.05, 0) is 30.3 Å². The molecular weight excluding hydrogens is 361 g/mol. The van der Waals surface area contributed by atoms with Gasteiger partial charge < -0.3 is 21.1 Å². The van der Waals surface area contributed by atoms with Gasteiger partial charge in [-0.25, -0.2) is 9.97 Å². The number of halogens is 2. The topological polar surface area (TPSA) is 85.1 Å². The van der Waals surface area contributed by atoms with Crippen LogP contribution in [0.2, 0.25) is 10.0 Å². The maximum atomic E-state index is 6.19. The van der Waals surface area contributed by atoms with Crippen molar-refractivity contribution in [2.45, 2.75) is 0 Å². The summed E-state index contributed by atoms with van der Waals surface area (Å²) in [5.41, 5.74) is 7.92. The van der Waals surface area contributed by atoms with Gasteiger partial charge in [-0.3, -0.25) is 0 Å². The molecule has 0 aliphatic heterocycles. The van der Waals surface area contributed by atoms with Crippen LogP contribution < -0.4 is 21.1 Å². The van der Waals surface area contributed by atoms with Gasteiger partial charge in [-0.1, -0.05) is 35.3 Å². The Labute approximate surface area is 155 Å². The molecule has 0 aliphatic rings. The molecule has 0 unspecified atom stereocenters. The molecule has 0 bridgehead atoms. The van der Waals surface area contributed by atoms with E-state index in [0.29, 0.717) is 38.8 Å². The molecule has 0 amide bonds. The molecular formula is C17H15Cl2N5O. The summed E-state index contributed by atoms with van der Waals surface area (Å²) in [7, 11) is 1.60. The minimum atomic E-state index is 0.347. The Morgan fingerprint density at radius 3 is 2.32 bits per heavy atom. The summed E-state index contributed by atoms with van der Waals surface area (Å²) in [6.07, 6.45) is 1.40. The highest BCUT2D eigenvalue weighted by molar-refractivity contribution is 6.36. The molecule has 0 saturated heterocycles. The Kier molecular flexibility index (Phi) is 5.11. The number of nitrogens with two attached hydrogens (primary N) is 1. The number of nitrogens with one attached hydrogen (secondary N) is 2. The first-order valence-corrected chi connectivity index (χ1v) is 8.06. The molecule has 0 spiro atoms. The Hall–Kier alpha value is -2.70. The van der Waals surface area contributed by atoms with Crippen molar-refractivity contribution in [2.75, 3.05) is 23.5 Å². The molecule has 0 saturated carbocycles. The largest absolute Gasteiger partial charge is 0.495 e. The zero-order valence-electron chi connectivity index (χ0n) is 13.3. The highest BCUT2D eigenvalue weighted by Crippen LogP contribution is 2.33. The summed E-state index contributed by atoms with van der Waals surface area (Å²) < 4.78 is 5.32. The van der Waals surface area contributed by atoms with Crippen molar-refractivity contribution >= 4 is 51.9 Å². The van der Waals surface area contributed by atoms with Crippen molar-refractivity contribution in [3.8, 4) is 5.75 Å². The predicted octanol–water partition coefficient (Wildman–Crippen LogP) is 4.86. The summed E-state index contributed by atoms with van der Waals surface area (Å²) in [4.78, 5) is 8.36. The molecule has 3 rings (SSSR count).